The number of amides is 1. The standard InChI is InChI=1S/C16H21N3O/c1-12(2)19-16(20)6-8-17-10-13-3-4-15-11-18-7-5-14(15)9-13/h3-5,7,9,11-12,17H,6,8,10H2,1-2H3,(H,19,20). The first-order valence-corrected chi connectivity index (χ1v) is 6.98. The first-order valence-electron chi connectivity index (χ1n) is 6.98. The van der Waals surface area contributed by atoms with Crippen molar-refractivity contribution >= 4 is 16.7 Å². The van der Waals surface area contributed by atoms with Crippen molar-refractivity contribution in [1.82, 2.24) is 15.6 Å². The van der Waals surface area contributed by atoms with E-state index in [1.807, 2.05) is 26.1 Å². The lowest BCUT2D eigenvalue weighted by Gasteiger charge is -2.09. The molecule has 1 amide bonds. The van der Waals surface area contributed by atoms with Crippen LogP contribution in [0.5, 0.6) is 0 Å². The molecule has 0 aliphatic heterocycles. The largest absolute Gasteiger partial charge is 0.354 e. The van der Waals surface area contributed by atoms with Crippen molar-refractivity contribution in [1.29, 1.82) is 0 Å². The summed E-state index contributed by atoms with van der Waals surface area (Å²) in [5.41, 5.74) is 1.22. The van der Waals surface area contributed by atoms with Crippen LogP contribution in [-0.2, 0) is 11.3 Å². The van der Waals surface area contributed by atoms with E-state index in [4.69, 9.17) is 0 Å². The third kappa shape index (κ3) is 4.31. The number of nitrogens with one attached hydrogen (secondary N) is 2. The van der Waals surface area contributed by atoms with Gasteiger partial charge in [0.2, 0.25) is 5.91 Å². The molecule has 4 heteroatoms. The van der Waals surface area contributed by atoms with Gasteiger partial charge in [-0.05, 0) is 36.9 Å². The van der Waals surface area contributed by atoms with Gasteiger partial charge in [-0.1, -0.05) is 12.1 Å². The van der Waals surface area contributed by atoms with Crippen LogP contribution in [0.2, 0.25) is 0 Å². The number of aromatic nitrogens is 1. The molecule has 0 bridgehead atoms. The van der Waals surface area contributed by atoms with Gasteiger partial charge >= 0.3 is 0 Å². The van der Waals surface area contributed by atoms with Gasteiger partial charge in [0.05, 0.1) is 0 Å². The molecule has 0 saturated carbocycles. The average Bonchev–Trinajstić information content (AvgIpc) is 2.43. The minimum Gasteiger partial charge on any atom is -0.354 e. The average molecular weight is 271 g/mol. The van der Waals surface area contributed by atoms with Gasteiger partial charge in [0.15, 0.2) is 0 Å². The second-order valence-corrected chi connectivity index (χ2v) is 5.21. The maximum Gasteiger partial charge on any atom is 0.221 e. The summed E-state index contributed by atoms with van der Waals surface area (Å²) >= 11 is 0. The monoisotopic (exact) mass is 271 g/mol. The van der Waals surface area contributed by atoms with E-state index in [2.05, 4.69) is 33.8 Å². The van der Waals surface area contributed by atoms with Crippen LogP contribution >= 0.6 is 0 Å². The number of rotatable bonds is 6. The number of carbonyl (C=O) groups is 1. The third-order valence-electron chi connectivity index (χ3n) is 3.01. The molecule has 0 aliphatic rings. The zero-order valence-electron chi connectivity index (χ0n) is 12.0. The molecule has 0 atom stereocenters. The van der Waals surface area contributed by atoms with Crippen molar-refractivity contribution in [3.05, 3.63) is 42.2 Å². The lowest BCUT2D eigenvalue weighted by molar-refractivity contribution is -0.121. The Labute approximate surface area is 119 Å². The molecule has 2 rings (SSSR count). The van der Waals surface area contributed by atoms with Crippen molar-refractivity contribution in [2.24, 2.45) is 0 Å². The maximum absolute atomic E-state index is 11.5. The number of benzene rings is 1. The summed E-state index contributed by atoms with van der Waals surface area (Å²) in [7, 11) is 0. The van der Waals surface area contributed by atoms with Crippen LogP contribution in [0.4, 0.5) is 0 Å². The Hall–Kier alpha value is -1.94. The fraction of sp³-hybridized carbons (Fsp3) is 0.375. The molecule has 0 radical (unpaired) electrons. The molecular weight excluding hydrogens is 250 g/mol. The topological polar surface area (TPSA) is 54.0 Å². The van der Waals surface area contributed by atoms with Crippen LogP contribution < -0.4 is 10.6 Å². The van der Waals surface area contributed by atoms with Gasteiger partial charge in [-0.3, -0.25) is 9.78 Å². The highest BCUT2D eigenvalue weighted by Crippen LogP contribution is 2.14. The molecule has 1 aromatic heterocycles. The second kappa shape index (κ2) is 7.01. The SMILES string of the molecule is CC(C)NC(=O)CCNCc1ccc2cnccc2c1. The zero-order chi connectivity index (χ0) is 14.4. The summed E-state index contributed by atoms with van der Waals surface area (Å²) in [5, 5.41) is 8.51. The van der Waals surface area contributed by atoms with Crippen LogP contribution in [0, 0.1) is 0 Å². The summed E-state index contributed by atoms with van der Waals surface area (Å²) < 4.78 is 0. The highest BCUT2D eigenvalue weighted by atomic mass is 16.1. The third-order valence-corrected chi connectivity index (χ3v) is 3.01. The fourth-order valence-corrected chi connectivity index (χ4v) is 2.07. The molecule has 0 fully saturated rings. The van der Waals surface area contributed by atoms with E-state index in [0.29, 0.717) is 13.0 Å². The Morgan fingerprint density at radius 1 is 1.25 bits per heavy atom. The van der Waals surface area contributed by atoms with Gasteiger partial charge in [0.25, 0.3) is 0 Å². The molecule has 0 unspecified atom stereocenters. The Morgan fingerprint density at radius 2 is 2.10 bits per heavy atom. The molecule has 2 N–H and O–H groups in total. The van der Waals surface area contributed by atoms with Crippen molar-refractivity contribution in [3.63, 3.8) is 0 Å². The Balaban J connectivity index is 1.79. The number of fused-ring (bicyclic) bond motifs is 1. The first-order chi connectivity index (χ1) is 9.65. The normalized spacial score (nSPS) is 10.9. The molecule has 0 saturated heterocycles. The van der Waals surface area contributed by atoms with E-state index in [-0.39, 0.29) is 11.9 Å². The van der Waals surface area contributed by atoms with Gasteiger partial charge < -0.3 is 10.6 Å². The lowest BCUT2D eigenvalue weighted by atomic mass is 10.1. The maximum atomic E-state index is 11.5. The molecule has 106 valence electrons. The molecule has 2 aromatic rings. The second-order valence-electron chi connectivity index (χ2n) is 5.21. The van der Waals surface area contributed by atoms with Crippen LogP contribution in [0.3, 0.4) is 0 Å². The fourth-order valence-electron chi connectivity index (χ4n) is 2.07. The summed E-state index contributed by atoms with van der Waals surface area (Å²) in [6, 6.07) is 8.53. The number of nitrogens with zero attached hydrogens (tertiary/aromatic N) is 1. The first kappa shape index (κ1) is 14.5. The van der Waals surface area contributed by atoms with Gasteiger partial charge in [-0.2, -0.15) is 0 Å². The Morgan fingerprint density at radius 3 is 2.90 bits per heavy atom. The van der Waals surface area contributed by atoms with Crippen LogP contribution in [0.25, 0.3) is 10.8 Å². The summed E-state index contributed by atoms with van der Waals surface area (Å²) in [5.74, 6) is 0.0945. The van der Waals surface area contributed by atoms with E-state index >= 15 is 0 Å². The summed E-state index contributed by atoms with van der Waals surface area (Å²) in [6.07, 6.45) is 4.17. The molecule has 1 heterocycles. The van der Waals surface area contributed by atoms with E-state index < -0.39 is 0 Å². The number of hydrogen-bond acceptors (Lipinski definition) is 3. The molecule has 0 spiro atoms. The van der Waals surface area contributed by atoms with Crippen LogP contribution in [-0.4, -0.2) is 23.5 Å². The Bertz CT molecular complexity index is 581. The predicted octanol–water partition coefficient (Wildman–Crippen LogP) is 2.24. The molecule has 1 aromatic carbocycles. The molecule has 0 aliphatic carbocycles. The Kier molecular flexibility index (Phi) is 5.07. The highest BCUT2D eigenvalue weighted by molar-refractivity contribution is 5.82. The number of carbonyl (C=O) groups excluding carboxylic acids is 1. The number of hydrogen-bond donors (Lipinski definition) is 2. The summed E-state index contributed by atoms with van der Waals surface area (Å²) in [6.45, 7) is 5.39. The van der Waals surface area contributed by atoms with Gasteiger partial charge in [-0.15, -0.1) is 0 Å². The van der Waals surface area contributed by atoms with Crippen molar-refractivity contribution in [2.75, 3.05) is 6.54 Å². The van der Waals surface area contributed by atoms with Crippen LogP contribution in [0.15, 0.2) is 36.7 Å². The van der Waals surface area contributed by atoms with Gasteiger partial charge in [0, 0.05) is 43.3 Å². The van der Waals surface area contributed by atoms with E-state index in [9.17, 15) is 4.79 Å². The van der Waals surface area contributed by atoms with Gasteiger partial charge in [0.1, 0.15) is 0 Å². The smallest absolute Gasteiger partial charge is 0.221 e. The van der Waals surface area contributed by atoms with Crippen LogP contribution in [0.1, 0.15) is 25.8 Å². The number of pyridine rings is 1. The molecular formula is C16H21N3O. The van der Waals surface area contributed by atoms with Gasteiger partial charge in [-0.25, -0.2) is 0 Å². The van der Waals surface area contributed by atoms with Crippen molar-refractivity contribution in [3.8, 4) is 0 Å². The predicted molar refractivity (Wildman–Crippen MR) is 81.3 cm³/mol. The molecule has 20 heavy (non-hydrogen) atoms. The minimum atomic E-state index is 0.0945. The van der Waals surface area contributed by atoms with Crippen molar-refractivity contribution < 1.29 is 4.79 Å². The highest BCUT2D eigenvalue weighted by Gasteiger charge is 2.02. The van der Waals surface area contributed by atoms with E-state index in [1.165, 1.54) is 10.9 Å². The molecule has 4 nitrogen and oxygen atoms in total. The lowest BCUT2D eigenvalue weighted by Crippen LogP contribution is -2.32. The zero-order valence-corrected chi connectivity index (χ0v) is 12.0. The van der Waals surface area contributed by atoms with E-state index in [1.54, 1.807) is 6.20 Å². The van der Waals surface area contributed by atoms with Crippen molar-refractivity contribution in [2.45, 2.75) is 32.9 Å². The van der Waals surface area contributed by atoms with E-state index in [0.717, 1.165) is 11.9 Å². The minimum absolute atomic E-state index is 0.0945. The quantitative estimate of drug-likeness (QED) is 0.792. The summed E-state index contributed by atoms with van der Waals surface area (Å²) in [4.78, 5) is 15.6.